The molecule has 92 valence electrons. The topological polar surface area (TPSA) is 26.0 Å². The van der Waals surface area contributed by atoms with E-state index in [-0.39, 0.29) is 10.8 Å². The number of pyridine rings is 1. The van der Waals surface area contributed by atoms with Crippen LogP contribution in [0.1, 0.15) is 53.0 Å². The Labute approximate surface area is 103 Å². The van der Waals surface area contributed by atoms with Gasteiger partial charge in [0, 0.05) is 22.6 Å². The first-order valence-electron chi connectivity index (χ1n) is 6.09. The first kappa shape index (κ1) is 12.2. The molecule has 0 fully saturated rings. The van der Waals surface area contributed by atoms with Crippen LogP contribution in [-0.4, -0.2) is 4.98 Å². The summed E-state index contributed by atoms with van der Waals surface area (Å²) in [5.41, 5.74) is 3.05. The quantitative estimate of drug-likeness (QED) is 0.670. The van der Waals surface area contributed by atoms with Gasteiger partial charge in [0.25, 0.3) is 0 Å². The van der Waals surface area contributed by atoms with Crippen molar-refractivity contribution in [2.24, 2.45) is 0 Å². The number of fused-ring (bicyclic) bond motifs is 1. The molecule has 0 amide bonds. The molecule has 2 heteroatoms. The Balaban J connectivity index is 2.56. The van der Waals surface area contributed by atoms with Gasteiger partial charge in [0.2, 0.25) is 0 Å². The van der Waals surface area contributed by atoms with Crippen LogP contribution in [0.15, 0.2) is 22.6 Å². The van der Waals surface area contributed by atoms with Gasteiger partial charge >= 0.3 is 0 Å². The Morgan fingerprint density at radius 2 is 1.59 bits per heavy atom. The van der Waals surface area contributed by atoms with E-state index in [4.69, 9.17) is 4.42 Å². The Morgan fingerprint density at radius 3 is 2.12 bits per heavy atom. The molecule has 2 aromatic rings. The van der Waals surface area contributed by atoms with Crippen LogP contribution in [0.25, 0.3) is 11.1 Å². The van der Waals surface area contributed by atoms with E-state index in [1.807, 2.05) is 6.07 Å². The van der Waals surface area contributed by atoms with Crippen LogP contribution in [0.5, 0.6) is 0 Å². The lowest BCUT2D eigenvalue weighted by molar-refractivity contribution is 0.430. The van der Waals surface area contributed by atoms with E-state index in [2.05, 4.69) is 58.7 Å². The van der Waals surface area contributed by atoms with Gasteiger partial charge in [-0.25, -0.2) is 4.98 Å². The Hall–Kier alpha value is -1.31. The summed E-state index contributed by atoms with van der Waals surface area (Å²) >= 11 is 0. The molecule has 2 nitrogen and oxygen atoms in total. The van der Waals surface area contributed by atoms with Crippen LogP contribution in [0, 0.1) is 0 Å². The largest absolute Gasteiger partial charge is 0.459 e. The molecule has 0 aliphatic heterocycles. The van der Waals surface area contributed by atoms with Crippen molar-refractivity contribution in [2.45, 2.75) is 52.4 Å². The number of hydrogen-bond acceptors (Lipinski definition) is 2. The predicted octanol–water partition coefficient (Wildman–Crippen LogP) is 4.42. The molecule has 0 spiro atoms. The molecule has 2 rings (SSSR count). The Kier molecular flexibility index (Phi) is 2.57. The average Bonchev–Trinajstić information content (AvgIpc) is 2.57. The van der Waals surface area contributed by atoms with Gasteiger partial charge in [0.15, 0.2) is 5.58 Å². The number of rotatable bonds is 0. The minimum atomic E-state index is 0.0304. The lowest BCUT2D eigenvalue weighted by atomic mass is 9.91. The Morgan fingerprint density at radius 1 is 0.941 bits per heavy atom. The van der Waals surface area contributed by atoms with Crippen LogP contribution < -0.4 is 0 Å². The first-order chi connectivity index (χ1) is 7.68. The molecule has 0 atom stereocenters. The molecule has 0 unspecified atom stereocenters. The normalized spacial score (nSPS) is 13.3. The molecule has 0 aliphatic carbocycles. The van der Waals surface area contributed by atoms with Crippen molar-refractivity contribution < 1.29 is 4.42 Å². The summed E-state index contributed by atoms with van der Waals surface area (Å²) in [6, 6.07) is 6.14. The van der Waals surface area contributed by atoms with E-state index in [1.54, 1.807) is 0 Å². The monoisotopic (exact) mass is 231 g/mol. The van der Waals surface area contributed by atoms with Crippen molar-refractivity contribution in [3.63, 3.8) is 0 Å². The van der Waals surface area contributed by atoms with E-state index < -0.39 is 0 Å². The summed E-state index contributed by atoms with van der Waals surface area (Å²) in [7, 11) is 0. The molecule has 0 aromatic carbocycles. The van der Waals surface area contributed by atoms with Gasteiger partial charge in [-0.05, 0) is 12.1 Å². The maximum atomic E-state index is 5.84. The van der Waals surface area contributed by atoms with Gasteiger partial charge < -0.3 is 4.42 Å². The van der Waals surface area contributed by atoms with Gasteiger partial charge in [-0.15, -0.1) is 0 Å². The summed E-state index contributed by atoms with van der Waals surface area (Å²) in [6.07, 6.45) is 0. The fourth-order valence-electron chi connectivity index (χ4n) is 1.71. The van der Waals surface area contributed by atoms with Crippen molar-refractivity contribution >= 4 is 11.1 Å². The molecule has 0 saturated carbocycles. The van der Waals surface area contributed by atoms with Crippen molar-refractivity contribution in [3.8, 4) is 0 Å². The number of furan rings is 1. The van der Waals surface area contributed by atoms with E-state index in [9.17, 15) is 0 Å². The smallest absolute Gasteiger partial charge is 0.152 e. The summed E-state index contributed by atoms with van der Waals surface area (Å²) < 4.78 is 5.84. The minimum Gasteiger partial charge on any atom is -0.459 e. The molecular weight excluding hydrogens is 210 g/mol. The molecule has 0 bridgehead atoms. The summed E-state index contributed by atoms with van der Waals surface area (Å²) in [5, 5.41) is 0. The molecule has 0 N–H and O–H groups in total. The van der Waals surface area contributed by atoms with Crippen molar-refractivity contribution in [2.75, 3.05) is 0 Å². The van der Waals surface area contributed by atoms with Crippen molar-refractivity contribution in [3.05, 3.63) is 29.7 Å². The molecule has 0 radical (unpaired) electrons. The second kappa shape index (κ2) is 3.59. The fourth-order valence-corrected chi connectivity index (χ4v) is 1.71. The number of aromatic nitrogens is 1. The van der Waals surface area contributed by atoms with E-state index in [0.29, 0.717) is 0 Å². The molecule has 0 saturated heterocycles. The van der Waals surface area contributed by atoms with Gasteiger partial charge in [-0.2, -0.15) is 0 Å². The zero-order valence-electron chi connectivity index (χ0n) is 11.6. The van der Waals surface area contributed by atoms with Crippen LogP contribution >= 0.6 is 0 Å². The Bertz CT molecular complexity index is 526. The average molecular weight is 231 g/mol. The van der Waals surface area contributed by atoms with Crippen LogP contribution in [-0.2, 0) is 10.8 Å². The van der Waals surface area contributed by atoms with Crippen LogP contribution in [0.4, 0.5) is 0 Å². The summed E-state index contributed by atoms with van der Waals surface area (Å²) in [4.78, 5) is 4.69. The number of nitrogens with zero attached hydrogens (tertiary/aromatic N) is 1. The third kappa shape index (κ3) is 2.36. The highest BCUT2D eigenvalue weighted by Gasteiger charge is 2.21. The minimum absolute atomic E-state index is 0.0304. The zero-order valence-corrected chi connectivity index (χ0v) is 11.6. The third-order valence-corrected chi connectivity index (χ3v) is 2.88. The second-order valence-corrected chi connectivity index (χ2v) is 6.69. The van der Waals surface area contributed by atoms with Crippen molar-refractivity contribution in [1.29, 1.82) is 0 Å². The SMILES string of the molecule is CC(C)(C)c1ccc2oc(C(C)(C)C)cc2n1. The van der Waals surface area contributed by atoms with Crippen LogP contribution in [0.3, 0.4) is 0 Å². The van der Waals surface area contributed by atoms with Gasteiger partial charge in [-0.1, -0.05) is 41.5 Å². The molecular formula is C15H21NO. The molecule has 0 aliphatic rings. The van der Waals surface area contributed by atoms with Gasteiger partial charge in [0.05, 0.1) is 0 Å². The van der Waals surface area contributed by atoms with Gasteiger partial charge in [-0.3, -0.25) is 0 Å². The molecule has 2 aromatic heterocycles. The van der Waals surface area contributed by atoms with Crippen LogP contribution in [0.2, 0.25) is 0 Å². The molecule has 2 heterocycles. The predicted molar refractivity (Wildman–Crippen MR) is 71.4 cm³/mol. The number of hydrogen-bond donors (Lipinski definition) is 0. The van der Waals surface area contributed by atoms with E-state index >= 15 is 0 Å². The maximum absolute atomic E-state index is 5.84. The van der Waals surface area contributed by atoms with Gasteiger partial charge in [0.1, 0.15) is 11.3 Å². The highest BCUT2D eigenvalue weighted by molar-refractivity contribution is 5.73. The maximum Gasteiger partial charge on any atom is 0.152 e. The lowest BCUT2D eigenvalue weighted by Gasteiger charge is -2.16. The highest BCUT2D eigenvalue weighted by Crippen LogP contribution is 2.30. The lowest BCUT2D eigenvalue weighted by Crippen LogP contribution is -2.12. The van der Waals surface area contributed by atoms with Crippen molar-refractivity contribution in [1.82, 2.24) is 4.98 Å². The highest BCUT2D eigenvalue weighted by atomic mass is 16.3. The van der Waals surface area contributed by atoms with E-state index in [1.165, 1.54) is 0 Å². The third-order valence-electron chi connectivity index (χ3n) is 2.88. The van der Waals surface area contributed by atoms with E-state index in [0.717, 1.165) is 22.6 Å². The fraction of sp³-hybridized carbons (Fsp3) is 0.533. The standard InChI is InChI=1S/C15H21NO/c1-14(2,3)12-8-7-11-10(16-12)9-13(17-11)15(4,5)6/h7-9H,1-6H3. The summed E-state index contributed by atoms with van der Waals surface area (Å²) in [5.74, 6) is 0.992. The molecule has 17 heavy (non-hydrogen) atoms. The first-order valence-corrected chi connectivity index (χ1v) is 6.09. The zero-order chi connectivity index (χ0) is 12.8. The second-order valence-electron chi connectivity index (χ2n) is 6.69. The summed E-state index contributed by atoms with van der Waals surface area (Å²) in [6.45, 7) is 13.0.